The number of likely N-dealkylation sites (tertiary alicyclic amines) is 1. The number of carbonyl (C=O) groups excluding carboxylic acids is 1. The Morgan fingerprint density at radius 3 is 2.44 bits per heavy atom. The molecule has 0 N–H and O–H groups in total. The van der Waals surface area contributed by atoms with E-state index >= 15 is 0 Å². The Morgan fingerprint density at radius 2 is 1.79 bits per heavy atom. The third-order valence-electron chi connectivity index (χ3n) is 7.09. The van der Waals surface area contributed by atoms with E-state index in [1.807, 2.05) is 6.07 Å². The van der Waals surface area contributed by atoms with Crippen molar-refractivity contribution >= 4 is 5.91 Å². The van der Waals surface area contributed by atoms with Crippen molar-refractivity contribution in [2.45, 2.75) is 92.0 Å². The van der Waals surface area contributed by atoms with Crippen LogP contribution in [-0.2, 0) is 4.79 Å². The van der Waals surface area contributed by atoms with E-state index in [0.717, 1.165) is 69.7 Å². The third kappa shape index (κ3) is 7.24. The summed E-state index contributed by atoms with van der Waals surface area (Å²) in [4.78, 5) is 18.0. The van der Waals surface area contributed by atoms with Crippen molar-refractivity contribution in [1.82, 2.24) is 9.80 Å². The molecule has 1 fully saturated rings. The molecule has 1 aromatic carbocycles. The van der Waals surface area contributed by atoms with E-state index in [-0.39, 0.29) is 5.41 Å². The minimum atomic E-state index is 0.0959. The first-order valence-electron chi connectivity index (χ1n) is 13.3. The number of hydrogen-bond donors (Lipinski definition) is 0. The van der Waals surface area contributed by atoms with E-state index in [2.05, 4.69) is 69.6 Å². The summed E-state index contributed by atoms with van der Waals surface area (Å²) in [6, 6.07) is 6.73. The molecule has 2 heterocycles. The van der Waals surface area contributed by atoms with E-state index in [1.54, 1.807) is 0 Å². The Balaban J connectivity index is 1.77. The molecular weight excluding hydrogens is 424 g/mol. The molecular formula is C29H46N2O3. The number of carbonyl (C=O) groups is 1. The highest BCUT2D eigenvalue weighted by molar-refractivity contribution is 5.78. The molecule has 190 valence electrons. The van der Waals surface area contributed by atoms with Gasteiger partial charge in [-0.15, -0.1) is 0 Å². The predicted molar refractivity (Wildman–Crippen MR) is 140 cm³/mol. The van der Waals surface area contributed by atoms with Crippen molar-refractivity contribution in [3.05, 3.63) is 35.4 Å². The van der Waals surface area contributed by atoms with Gasteiger partial charge in [-0.3, -0.25) is 9.69 Å². The Hall–Kier alpha value is -2.01. The molecule has 34 heavy (non-hydrogen) atoms. The number of rotatable bonds is 12. The van der Waals surface area contributed by atoms with Gasteiger partial charge >= 0.3 is 0 Å². The van der Waals surface area contributed by atoms with Crippen molar-refractivity contribution in [1.29, 1.82) is 0 Å². The number of hydrogen-bond acceptors (Lipinski definition) is 4. The first kappa shape index (κ1) is 26.6. The molecule has 0 saturated carbocycles. The lowest BCUT2D eigenvalue weighted by Gasteiger charge is -2.32. The molecule has 0 aromatic heterocycles. The van der Waals surface area contributed by atoms with Gasteiger partial charge in [-0.05, 0) is 68.6 Å². The van der Waals surface area contributed by atoms with Crippen LogP contribution in [0, 0.1) is 5.41 Å². The zero-order chi connectivity index (χ0) is 24.7. The van der Waals surface area contributed by atoms with Gasteiger partial charge in [0.05, 0.1) is 6.54 Å². The molecule has 1 saturated heterocycles. The summed E-state index contributed by atoms with van der Waals surface area (Å²) in [5.74, 6) is 2.36. The summed E-state index contributed by atoms with van der Waals surface area (Å²) >= 11 is 0. The maximum absolute atomic E-state index is 13.4. The third-order valence-corrected chi connectivity index (χ3v) is 7.09. The average Bonchev–Trinajstić information content (AvgIpc) is 3.39. The molecule has 0 bridgehead atoms. The first-order valence-corrected chi connectivity index (χ1v) is 13.3. The van der Waals surface area contributed by atoms with Crippen LogP contribution in [0.3, 0.4) is 0 Å². The second kappa shape index (κ2) is 12.1. The van der Waals surface area contributed by atoms with E-state index in [1.165, 1.54) is 11.1 Å². The van der Waals surface area contributed by atoms with Crippen molar-refractivity contribution < 1.29 is 14.3 Å². The highest BCUT2D eigenvalue weighted by Gasteiger charge is 2.37. The maximum Gasteiger partial charge on any atom is 0.236 e. The lowest BCUT2D eigenvalue weighted by molar-refractivity contribution is -0.133. The van der Waals surface area contributed by atoms with Gasteiger partial charge in [0, 0.05) is 25.7 Å². The summed E-state index contributed by atoms with van der Waals surface area (Å²) in [5.41, 5.74) is 2.74. The van der Waals surface area contributed by atoms with Gasteiger partial charge in [-0.25, -0.2) is 0 Å². The Kier molecular flexibility index (Phi) is 9.47. The molecule has 0 radical (unpaired) electrons. The highest BCUT2D eigenvalue weighted by atomic mass is 16.7. The van der Waals surface area contributed by atoms with Crippen LogP contribution in [-0.4, -0.2) is 54.7 Å². The smallest absolute Gasteiger partial charge is 0.236 e. The molecule has 0 spiro atoms. The van der Waals surface area contributed by atoms with Gasteiger partial charge in [0.15, 0.2) is 11.5 Å². The molecule has 3 rings (SSSR count). The molecule has 0 aliphatic carbocycles. The van der Waals surface area contributed by atoms with Crippen LogP contribution >= 0.6 is 0 Å². The van der Waals surface area contributed by atoms with Gasteiger partial charge < -0.3 is 14.4 Å². The van der Waals surface area contributed by atoms with E-state index in [4.69, 9.17) is 9.47 Å². The number of fused-ring (bicyclic) bond motifs is 1. The minimum Gasteiger partial charge on any atom is -0.454 e. The molecule has 5 nitrogen and oxygen atoms in total. The quantitative estimate of drug-likeness (QED) is 0.332. The fourth-order valence-corrected chi connectivity index (χ4v) is 5.58. The second-order valence-electron chi connectivity index (χ2n) is 11.1. The van der Waals surface area contributed by atoms with Crippen LogP contribution in [0.2, 0.25) is 0 Å². The summed E-state index contributed by atoms with van der Waals surface area (Å²) < 4.78 is 11.2. The lowest BCUT2D eigenvalue weighted by atomic mass is 9.82. The largest absolute Gasteiger partial charge is 0.454 e. The monoisotopic (exact) mass is 470 g/mol. The Labute approximate surface area is 207 Å². The van der Waals surface area contributed by atoms with Crippen molar-refractivity contribution in [2.24, 2.45) is 5.41 Å². The molecule has 1 aromatic rings. The van der Waals surface area contributed by atoms with Crippen LogP contribution in [0.1, 0.15) is 91.5 Å². The van der Waals surface area contributed by atoms with E-state index < -0.39 is 0 Å². The minimum absolute atomic E-state index is 0.0959. The Bertz CT molecular complexity index is 836. The van der Waals surface area contributed by atoms with Crippen molar-refractivity contribution in [2.75, 3.05) is 33.0 Å². The molecule has 2 atom stereocenters. The van der Waals surface area contributed by atoms with Crippen LogP contribution in [0.15, 0.2) is 29.8 Å². The number of allylic oxidation sites excluding steroid dienone is 2. The van der Waals surface area contributed by atoms with Crippen LogP contribution in [0.4, 0.5) is 0 Å². The summed E-state index contributed by atoms with van der Waals surface area (Å²) in [7, 11) is 0. The Morgan fingerprint density at radius 1 is 1.12 bits per heavy atom. The van der Waals surface area contributed by atoms with Gasteiger partial charge in [0.25, 0.3) is 0 Å². The normalized spacial score (nSPS) is 19.9. The van der Waals surface area contributed by atoms with Crippen molar-refractivity contribution in [3.8, 4) is 11.5 Å². The predicted octanol–water partition coefficient (Wildman–Crippen LogP) is 6.38. The van der Waals surface area contributed by atoms with Gasteiger partial charge in [-0.1, -0.05) is 58.3 Å². The topological polar surface area (TPSA) is 42.0 Å². The lowest BCUT2D eigenvalue weighted by Crippen LogP contribution is -2.44. The number of ether oxygens (including phenoxy) is 2. The molecule has 5 heteroatoms. The van der Waals surface area contributed by atoms with Crippen LogP contribution in [0.25, 0.3) is 0 Å². The summed E-state index contributed by atoms with van der Waals surface area (Å²) in [5, 5.41) is 0. The standard InChI is InChI=1S/C29H46N2O3/c1-7-9-13-30(14-10-8-2)28(32)20-31-19-24(15-25(31)18-29(5,6)17-22(3)4)23-11-12-26-27(16-23)34-21-33-26/h11-12,16-17,24-25H,7-10,13-15,18-21H2,1-6H3/t24-,25+/m0/s1. The second-order valence-corrected chi connectivity index (χ2v) is 11.1. The summed E-state index contributed by atoms with van der Waals surface area (Å²) in [6.07, 6.45) is 8.89. The number of amides is 1. The molecule has 1 amide bonds. The fourth-order valence-electron chi connectivity index (χ4n) is 5.58. The van der Waals surface area contributed by atoms with Gasteiger partial charge in [0.1, 0.15) is 0 Å². The van der Waals surface area contributed by atoms with E-state index in [9.17, 15) is 4.79 Å². The number of benzene rings is 1. The highest BCUT2D eigenvalue weighted by Crippen LogP contribution is 2.41. The summed E-state index contributed by atoms with van der Waals surface area (Å²) in [6.45, 7) is 16.9. The zero-order valence-corrected chi connectivity index (χ0v) is 22.4. The average molecular weight is 471 g/mol. The SMILES string of the molecule is CCCCN(CCCC)C(=O)CN1C[C@@H](c2ccc3c(c2)OCO3)C[C@@H]1CC(C)(C)C=C(C)C. The van der Waals surface area contributed by atoms with Gasteiger partial charge in [0.2, 0.25) is 12.7 Å². The number of nitrogens with zero attached hydrogens (tertiary/aromatic N) is 2. The first-order chi connectivity index (χ1) is 16.2. The van der Waals surface area contributed by atoms with Crippen molar-refractivity contribution in [3.63, 3.8) is 0 Å². The number of unbranched alkanes of at least 4 members (excludes halogenated alkanes) is 2. The maximum atomic E-state index is 13.4. The van der Waals surface area contributed by atoms with Crippen LogP contribution in [0.5, 0.6) is 11.5 Å². The van der Waals surface area contributed by atoms with Gasteiger partial charge in [-0.2, -0.15) is 0 Å². The molecule has 2 aliphatic heterocycles. The zero-order valence-electron chi connectivity index (χ0n) is 22.4. The van der Waals surface area contributed by atoms with E-state index in [0.29, 0.717) is 31.2 Å². The molecule has 2 aliphatic rings. The fraction of sp³-hybridized carbons (Fsp3) is 0.690. The molecule has 0 unspecified atom stereocenters. The van der Waals surface area contributed by atoms with Crippen LogP contribution < -0.4 is 9.47 Å².